The number of aromatic nitrogens is 5. The number of amides is 3. The summed E-state index contributed by atoms with van der Waals surface area (Å²) in [7, 11) is 3.27. The Labute approximate surface area is 188 Å². The van der Waals surface area contributed by atoms with Crippen LogP contribution in [0.4, 0.5) is 11.5 Å². The molecule has 0 fully saturated rings. The molecular formula is C20H24N8O5. The largest absolute Gasteiger partial charge is 0.460 e. The van der Waals surface area contributed by atoms with Crippen molar-refractivity contribution in [3.05, 3.63) is 48.2 Å². The standard InChI is InChI=1S/C20H24N8O5/c1-4-33-20(32)17-26-14(11-28(17)3)25-15(29)5-6-23-18(30)13-9-12(10-27(13)2)24-19(31)16-21-7-8-22-16/h7-11H,4-6H2,1-3H3,(H,21,22)(H,23,30)(H,24,31)(H,25,29). The predicted octanol–water partition coefficient (Wildman–Crippen LogP) is 0.669. The summed E-state index contributed by atoms with van der Waals surface area (Å²) in [5.74, 6) is -1.40. The van der Waals surface area contributed by atoms with Crippen LogP contribution in [0.3, 0.4) is 0 Å². The lowest BCUT2D eigenvalue weighted by molar-refractivity contribution is -0.116. The predicted molar refractivity (Wildman–Crippen MR) is 117 cm³/mol. The minimum Gasteiger partial charge on any atom is -0.460 e. The number of hydrogen-bond donors (Lipinski definition) is 4. The fourth-order valence-corrected chi connectivity index (χ4v) is 2.94. The number of esters is 1. The van der Waals surface area contributed by atoms with Gasteiger partial charge in [-0.25, -0.2) is 14.8 Å². The zero-order valence-corrected chi connectivity index (χ0v) is 18.3. The molecule has 0 aliphatic rings. The normalized spacial score (nSPS) is 10.5. The van der Waals surface area contributed by atoms with Gasteiger partial charge in [0.2, 0.25) is 11.7 Å². The van der Waals surface area contributed by atoms with E-state index in [1.165, 1.54) is 29.2 Å². The molecule has 3 aromatic heterocycles. The molecule has 3 aromatic rings. The van der Waals surface area contributed by atoms with E-state index in [-0.39, 0.29) is 42.9 Å². The van der Waals surface area contributed by atoms with Crippen LogP contribution < -0.4 is 16.0 Å². The third-order valence-electron chi connectivity index (χ3n) is 4.45. The Kier molecular flexibility index (Phi) is 7.23. The summed E-state index contributed by atoms with van der Waals surface area (Å²) in [6, 6.07) is 1.51. The van der Waals surface area contributed by atoms with Crippen molar-refractivity contribution >= 4 is 35.2 Å². The van der Waals surface area contributed by atoms with Crippen LogP contribution in [0, 0.1) is 0 Å². The lowest BCUT2D eigenvalue weighted by Crippen LogP contribution is -2.29. The van der Waals surface area contributed by atoms with E-state index in [9.17, 15) is 19.2 Å². The van der Waals surface area contributed by atoms with Crippen LogP contribution >= 0.6 is 0 Å². The van der Waals surface area contributed by atoms with Crippen molar-refractivity contribution in [3.63, 3.8) is 0 Å². The maximum absolute atomic E-state index is 12.5. The molecule has 0 aliphatic heterocycles. The molecule has 0 spiro atoms. The Morgan fingerprint density at radius 1 is 1.09 bits per heavy atom. The number of aromatic amines is 1. The number of nitrogens with zero attached hydrogens (tertiary/aromatic N) is 4. The summed E-state index contributed by atoms with van der Waals surface area (Å²) in [6.07, 6.45) is 6.06. The maximum atomic E-state index is 12.5. The van der Waals surface area contributed by atoms with Gasteiger partial charge in [-0.1, -0.05) is 0 Å². The highest BCUT2D eigenvalue weighted by molar-refractivity contribution is 6.02. The van der Waals surface area contributed by atoms with Crippen LogP contribution in [0.1, 0.15) is 45.1 Å². The summed E-state index contributed by atoms with van der Waals surface area (Å²) in [6.45, 7) is 1.97. The van der Waals surface area contributed by atoms with Gasteiger partial charge in [0.15, 0.2) is 11.6 Å². The second-order valence-corrected chi connectivity index (χ2v) is 6.95. The van der Waals surface area contributed by atoms with Crippen molar-refractivity contribution in [2.75, 3.05) is 23.8 Å². The molecule has 0 saturated heterocycles. The first kappa shape index (κ1) is 23.2. The first-order chi connectivity index (χ1) is 15.8. The molecular weight excluding hydrogens is 432 g/mol. The van der Waals surface area contributed by atoms with E-state index >= 15 is 0 Å². The van der Waals surface area contributed by atoms with E-state index in [1.807, 2.05) is 0 Å². The molecule has 0 atom stereocenters. The van der Waals surface area contributed by atoms with E-state index < -0.39 is 17.8 Å². The fourth-order valence-electron chi connectivity index (χ4n) is 2.94. The molecule has 0 aliphatic carbocycles. The van der Waals surface area contributed by atoms with Gasteiger partial charge in [-0.05, 0) is 13.0 Å². The van der Waals surface area contributed by atoms with Crippen molar-refractivity contribution in [2.45, 2.75) is 13.3 Å². The minimum absolute atomic E-state index is 0.0104. The lowest BCUT2D eigenvalue weighted by atomic mass is 10.3. The van der Waals surface area contributed by atoms with Crippen molar-refractivity contribution < 1.29 is 23.9 Å². The SMILES string of the molecule is CCOC(=O)c1nc(NC(=O)CCNC(=O)c2cc(NC(=O)c3ncc[nH]3)cn2C)cn1C. The smallest absolute Gasteiger partial charge is 0.374 e. The Balaban J connectivity index is 1.49. The Bertz CT molecular complexity index is 1160. The van der Waals surface area contributed by atoms with E-state index in [2.05, 4.69) is 30.9 Å². The van der Waals surface area contributed by atoms with Gasteiger partial charge in [0.05, 0.1) is 12.3 Å². The number of carbonyl (C=O) groups is 4. The van der Waals surface area contributed by atoms with Crippen LogP contribution in [0.2, 0.25) is 0 Å². The molecule has 0 saturated carbocycles. The van der Waals surface area contributed by atoms with Crippen LogP contribution in [0.15, 0.2) is 30.9 Å². The Morgan fingerprint density at radius 3 is 2.58 bits per heavy atom. The van der Waals surface area contributed by atoms with Gasteiger partial charge in [0, 0.05) is 51.8 Å². The first-order valence-corrected chi connectivity index (χ1v) is 10.0. The van der Waals surface area contributed by atoms with Gasteiger partial charge in [0.25, 0.3) is 11.8 Å². The molecule has 4 N–H and O–H groups in total. The summed E-state index contributed by atoms with van der Waals surface area (Å²) < 4.78 is 7.90. The molecule has 0 unspecified atom stereocenters. The van der Waals surface area contributed by atoms with Crippen LogP contribution in [-0.2, 0) is 23.6 Å². The molecule has 0 radical (unpaired) electrons. The Morgan fingerprint density at radius 2 is 1.88 bits per heavy atom. The third-order valence-corrected chi connectivity index (χ3v) is 4.45. The highest BCUT2D eigenvalue weighted by atomic mass is 16.5. The van der Waals surface area contributed by atoms with Crippen molar-refractivity contribution in [3.8, 4) is 0 Å². The molecule has 33 heavy (non-hydrogen) atoms. The lowest BCUT2D eigenvalue weighted by Gasteiger charge is -2.06. The van der Waals surface area contributed by atoms with Gasteiger partial charge >= 0.3 is 5.97 Å². The number of rotatable bonds is 9. The fraction of sp³-hybridized carbons (Fsp3) is 0.300. The number of ether oxygens (including phenoxy) is 1. The molecule has 13 heteroatoms. The van der Waals surface area contributed by atoms with Gasteiger partial charge in [-0.3, -0.25) is 14.4 Å². The first-order valence-electron chi connectivity index (χ1n) is 10.0. The summed E-state index contributed by atoms with van der Waals surface area (Å²) >= 11 is 0. The highest BCUT2D eigenvalue weighted by Gasteiger charge is 2.17. The topological polar surface area (TPSA) is 165 Å². The van der Waals surface area contributed by atoms with Crippen LogP contribution in [-0.4, -0.2) is 60.9 Å². The average Bonchev–Trinajstić information content (AvgIpc) is 3.48. The molecule has 13 nitrogen and oxygen atoms in total. The maximum Gasteiger partial charge on any atom is 0.374 e. The number of aryl methyl sites for hydroxylation is 2. The number of hydrogen-bond acceptors (Lipinski definition) is 7. The van der Waals surface area contributed by atoms with E-state index in [1.54, 1.807) is 31.8 Å². The Hall–Kier alpha value is -4.42. The zero-order chi connectivity index (χ0) is 24.0. The third kappa shape index (κ3) is 5.84. The van der Waals surface area contributed by atoms with Crippen LogP contribution in [0.5, 0.6) is 0 Å². The number of H-pyrrole nitrogens is 1. The van der Waals surface area contributed by atoms with E-state index in [4.69, 9.17) is 4.74 Å². The second-order valence-electron chi connectivity index (χ2n) is 6.95. The minimum atomic E-state index is -0.588. The van der Waals surface area contributed by atoms with Gasteiger partial charge in [-0.2, -0.15) is 0 Å². The molecule has 174 valence electrons. The molecule has 3 amide bonds. The monoisotopic (exact) mass is 456 g/mol. The molecule has 3 heterocycles. The number of nitrogens with one attached hydrogen (secondary N) is 4. The van der Waals surface area contributed by atoms with Crippen molar-refractivity contribution in [2.24, 2.45) is 14.1 Å². The number of imidazole rings is 2. The molecule has 3 rings (SSSR count). The van der Waals surface area contributed by atoms with Crippen LogP contribution in [0.25, 0.3) is 0 Å². The highest BCUT2D eigenvalue weighted by Crippen LogP contribution is 2.14. The second kappa shape index (κ2) is 10.3. The van der Waals surface area contributed by atoms with Gasteiger partial charge in [-0.15, -0.1) is 0 Å². The summed E-state index contributed by atoms with van der Waals surface area (Å²) in [4.78, 5) is 59.1. The van der Waals surface area contributed by atoms with Crippen molar-refractivity contribution in [1.29, 1.82) is 0 Å². The van der Waals surface area contributed by atoms with Gasteiger partial charge in [0.1, 0.15) is 5.69 Å². The van der Waals surface area contributed by atoms with Crippen molar-refractivity contribution in [1.82, 2.24) is 29.4 Å². The summed E-state index contributed by atoms with van der Waals surface area (Å²) in [5.41, 5.74) is 0.725. The molecule has 0 aromatic carbocycles. The quantitative estimate of drug-likeness (QED) is 0.344. The summed E-state index contributed by atoms with van der Waals surface area (Å²) in [5, 5.41) is 7.87. The number of anilines is 2. The number of carbonyl (C=O) groups excluding carboxylic acids is 4. The van der Waals surface area contributed by atoms with E-state index in [0.29, 0.717) is 11.4 Å². The van der Waals surface area contributed by atoms with Gasteiger partial charge < -0.3 is 34.8 Å². The van der Waals surface area contributed by atoms with E-state index in [0.717, 1.165) is 0 Å². The average molecular weight is 456 g/mol. The molecule has 0 bridgehead atoms. The zero-order valence-electron chi connectivity index (χ0n) is 18.3.